The highest BCUT2D eigenvalue weighted by Gasteiger charge is 2.32. The molecule has 0 saturated carbocycles. The van der Waals surface area contributed by atoms with Crippen molar-refractivity contribution in [2.24, 2.45) is 0 Å². The third-order valence-corrected chi connectivity index (χ3v) is 5.53. The number of aromatic nitrogens is 1. The van der Waals surface area contributed by atoms with Crippen LogP contribution in [0.1, 0.15) is 28.5 Å². The van der Waals surface area contributed by atoms with Gasteiger partial charge in [0.1, 0.15) is 0 Å². The molecule has 0 N–H and O–H groups in total. The van der Waals surface area contributed by atoms with Crippen LogP contribution in [0.15, 0.2) is 42.5 Å². The molecule has 0 saturated heterocycles. The first-order valence-electron chi connectivity index (χ1n) is 9.81. The fourth-order valence-corrected chi connectivity index (χ4v) is 4.24. The third-order valence-electron chi connectivity index (χ3n) is 5.53. The van der Waals surface area contributed by atoms with Crippen LogP contribution in [-0.2, 0) is 17.7 Å². The first-order valence-corrected chi connectivity index (χ1v) is 9.81. The molecule has 1 aliphatic heterocycles. The average molecular weight is 391 g/mol. The van der Waals surface area contributed by atoms with Crippen LogP contribution < -0.4 is 9.47 Å². The number of aryl methyl sites for hydroxylation is 1. The van der Waals surface area contributed by atoms with E-state index in [0.717, 1.165) is 46.6 Å². The molecule has 3 aromatic rings. The molecule has 150 valence electrons. The van der Waals surface area contributed by atoms with Gasteiger partial charge in [0, 0.05) is 23.4 Å². The zero-order chi connectivity index (χ0) is 20.5. The summed E-state index contributed by atoms with van der Waals surface area (Å²) < 4.78 is 18.7. The standard InChI is InChI=1S/C24H25NO4/c1-5-29-24(26)22-21(16-9-7-6-8-10-16)15(2)25-12-11-17-13-19(27-3)20(28-4)14-18(17)23(22)25/h6-10,13-14H,5,11-12H2,1-4H3. The van der Waals surface area contributed by atoms with E-state index in [1.165, 1.54) is 0 Å². The molecule has 0 atom stereocenters. The monoisotopic (exact) mass is 391 g/mol. The molecule has 5 heteroatoms. The fourth-order valence-electron chi connectivity index (χ4n) is 4.24. The molecule has 1 aliphatic rings. The average Bonchev–Trinajstić information content (AvgIpc) is 3.06. The molecule has 5 nitrogen and oxygen atoms in total. The first kappa shape index (κ1) is 19.1. The van der Waals surface area contributed by atoms with E-state index in [-0.39, 0.29) is 5.97 Å². The van der Waals surface area contributed by atoms with Gasteiger partial charge in [0.25, 0.3) is 0 Å². The number of rotatable bonds is 5. The summed E-state index contributed by atoms with van der Waals surface area (Å²) in [6, 6.07) is 14.0. The normalized spacial score (nSPS) is 12.1. The van der Waals surface area contributed by atoms with Crippen molar-refractivity contribution in [3.63, 3.8) is 0 Å². The summed E-state index contributed by atoms with van der Waals surface area (Å²) in [6.45, 7) is 5.02. The van der Waals surface area contributed by atoms with Crippen molar-refractivity contribution < 1.29 is 19.0 Å². The summed E-state index contributed by atoms with van der Waals surface area (Å²) in [5, 5.41) is 0. The number of carbonyl (C=O) groups excluding carboxylic acids is 1. The lowest BCUT2D eigenvalue weighted by molar-refractivity contribution is 0.0528. The lowest BCUT2D eigenvalue weighted by Gasteiger charge is -2.23. The van der Waals surface area contributed by atoms with Crippen molar-refractivity contribution in [2.75, 3.05) is 20.8 Å². The summed E-state index contributed by atoms with van der Waals surface area (Å²) >= 11 is 0. The molecular formula is C24H25NO4. The maximum absolute atomic E-state index is 13.1. The Balaban J connectivity index is 2.04. The van der Waals surface area contributed by atoms with Crippen molar-refractivity contribution in [3.05, 3.63) is 59.3 Å². The molecule has 0 aliphatic carbocycles. The predicted molar refractivity (Wildman–Crippen MR) is 113 cm³/mol. The van der Waals surface area contributed by atoms with Crippen LogP contribution >= 0.6 is 0 Å². The van der Waals surface area contributed by atoms with Crippen LogP contribution in [0, 0.1) is 6.92 Å². The summed E-state index contributed by atoms with van der Waals surface area (Å²) in [5.74, 6) is 1.05. The number of hydrogen-bond donors (Lipinski definition) is 0. The molecule has 29 heavy (non-hydrogen) atoms. The van der Waals surface area contributed by atoms with E-state index in [0.29, 0.717) is 23.7 Å². The van der Waals surface area contributed by atoms with Crippen molar-refractivity contribution in [3.8, 4) is 33.9 Å². The molecule has 0 unspecified atom stereocenters. The number of nitrogens with zero attached hydrogens (tertiary/aromatic N) is 1. The van der Waals surface area contributed by atoms with Gasteiger partial charge in [-0.2, -0.15) is 0 Å². The van der Waals surface area contributed by atoms with Gasteiger partial charge in [-0.05, 0) is 43.5 Å². The second kappa shape index (κ2) is 7.66. The molecule has 2 aromatic carbocycles. The Kier molecular flexibility index (Phi) is 5.05. The Labute approximate surface area is 170 Å². The molecule has 0 amide bonds. The van der Waals surface area contributed by atoms with Crippen LogP contribution in [0.5, 0.6) is 11.5 Å². The van der Waals surface area contributed by atoms with Crippen molar-refractivity contribution in [2.45, 2.75) is 26.8 Å². The van der Waals surface area contributed by atoms with E-state index in [1.807, 2.05) is 49.4 Å². The number of benzene rings is 2. The number of ether oxygens (including phenoxy) is 3. The van der Waals surface area contributed by atoms with Gasteiger partial charge in [-0.15, -0.1) is 0 Å². The van der Waals surface area contributed by atoms with E-state index >= 15 is 0 Å². The maximum Gasteiger partial charge on any atom is 0.340 e. The van der Waals surface area contributed by atoms with E-state index in [1.54, 1.807) is 14.2 Å². The van der Waals surface area contributed by atoms with Crippen LogP contribution in [0.25, 0.3) is 22.4 Å². The molecule has 0 bridgehead atoms. The molecule has 0 fully saturated rings. The number of methoxy groups -OCH3 is 2. The van der Waals surface area contributed by atoms with Gasteiger partial charge in [-0.3, -0.25) is 0 Å². The lowest BCUT2D eigenvalue weighted by Crippen LogP contribution is -2.15. The van der Waals surface area contributed by atoms with E-state index in [2.05, 4.69) is 11.5 Å². The minimum Gasteiger partial charge on any atom is -0.493 e. The Morgan fingerprint density at radius 1 is 1.07 bits per heavy atom. The summed E-state index contributed by atoms with van der Waals surface area (Å²) in [7, 11) is 3.26. The van der Waals surface area contributed by atoms with Crippen LogP contribution in [0.3, 0.4) is 0 Å². The molecule has 0 spiro atoms. The predicted octanol–water partition coefficient (Wildman–Crippen LogP) is 4.88. The zero-order valence-electron chi connectivity index (χ0n) is 17.2. The largest absolute Gasteiger partial charge is 0.493 e. The van der Waals surface area contributed by atoms with Gasteiger partial charge in [-0.1, -0.05) is 30.3 Å². The van der Waals surface area contributed by atoms with E-state index < -0.39 is 0 Å². The highest BCUT2D eigenvalue weighted by molar-refractivity contribution is 6.05. The van der Waals surface area contributed by atoms with Crippen LogP contribution in [0.4, 0.5) is 0 Å². The van der Waals surface area contributed by atoms with Gasteiger partial charge in [-0.25, -0.2) is 4.79 Å². The topological polar surface area (TPSA) is 49.7 Å². The molecule has 4 rings (SSSR count). The van der Waals surface area contributed by atoms with Gasteiger partial charge >= 0.3 is 5.97 Å². The van der Waals surface area contributed by atoms with E-state index in [4.69, 9.17) is 14.2 Å². The Hall–Kier alpha value is -3.21. The van der Waals surface area contributed by atoms with Crippen molar-refractivity contribution >= 4 is 5.97 Å². The maximum atomic E-state index is 13.1. The highest BCUT2D eigenvalue weighted by atomic mass is 16.5. The third kappa shape index (κ3) is 3.07. The van der Waals surface area contributed by atoms with E-state index in [9.17, 15) is 4.79 Å². The molecule has 2 heterocycles. The van der Waals surface area contributed by atoms with Crippen LogP contribution in [0.2, 0.25) is 0 Å². The Morgan fingerprint density at radius 2 is 1.76 bits per heavy atom. The minimum atomic E-state index is -0.300. The molecule has 0 radical (unpaired) electrons. The van der Waals surface area contributed by atoms with Crippen molar-refractivity contribution in [1.82, 2.24) is 4.57 Å². The van der Waals surface area contributed by atoms with Gasteiger partial charge in [0.05, 0.1) is 32.1 Å². The molecular weight excluding hydrogens is 366 g/mol. The summed E-state index contributed by atoms with van der Waals surface area (Å²) in [5.41, 5.74) is 6.64. The first-order chi connectivity index (χ1) is 14.1. The zero-order valence-corrected chi connectivity index (χ0v) is 17.2. The smallest absolute Gasteiger partial charge is 0.340 e. The number of esters is 1. The van der Waals surface area contributed by atoms with Gasteiger partial charge in [0.2, 0.25) is 0 Å². The van der Waals surface area contributed by atoms with Crippen LogP contribution in [-0.4, -0.2) is 31.4 Å². The van der Waals surface area contributed by atoms with Gasteiger partial charge < -0.3 is 18.8 Å². The number of carbonyl (C=O) groups is 1. The number of hydrogen-bond acceptors (Lipinski definition) is 4. The SMILES string of the molecule is CCOC(=O)c1c(-c2ccccc2)c(C)n2c1-c1cc(OC)c(OC)cc1CC2. The van der Waals surface area contributed by atoms with Crippen molar-refractivity contribution in [1.29, 1.82) is 0 Å². The minimum absolute atomic E-state index is 0.300. The second-order valence-electron chi connectivity index (χ2n) is 7.04. The fraction of sp³-hybridized carbons (Fsp3) is 0.292. The lowest BCUT2D eigenvalue weighted by atomic mass is 9.93. The highest BCUT2D eigenvalue weighted by Crippen LogP contribution is 2.45. The second-order valence-corrected chi connectivity index (χ2v) is 7.04. The number of fused-ring (bicyclic) bond motifs is 3. The summed E-state index contributed by atoms with van der Waals surface area (Å²) in [6.07, 6.45) is 0.856. The Bertz CT molecular complexity index is 1070. The Morgan fingerprint density at radius 3 is 2.41 bits per heavy atom. The quantitative estimate of drug-likeness (QED) is 0.582. The summed E-state index contributed by atoms with van der Waals surface area (Å²) in [4.78, 5) is 13.1. The molecule has 1 aromatic heterocycles. The van der Waals surface area contributed by atoms with Gasteiger partial charge in [0.15, 0.2) is 11.5 Å².